The molecule has 8 heteroatoms. The van der Waals surface area contributed by atoms with Crippen molar-refractivity contribution in [2.24, 2.45) is 0 Å². The van der Waals surface area contributed by atoms with Gasteiger partial charge in [-0.3, -0.25) is 0 Å². The monoisotopic (exact) mass is 331 g/mol. The molecule has 0 heterocycles. The van der Waals surface area contributed by atoms with E-state index in [1.54, 1.807) is 0 Å². The maximum atomic E-state index is 5.01. The van der Waals surface area contributed by atoms with Crippen molar-refractivity contribution in [3.63, 3.8) is 0 Å². The SMILES string of the molecule is Cl[C](Cl)Cl.[Cl][Ge]([Cl])([Cl])[Cl]. The van der Waals surface area contributed by atoms with Crippen LogP contribution >= 0.6 is 74.8 Å². The normalized spacial score (nSPS) is 10.7. The van der Waals surface area contributed by atoms with Crippen LogP contribution in [0, 0.1) is 4.30 Å². The third kappa shape index (κ3) is 117. The van der Waals surface area contributed by atoms with Gasteiger partial charge in [0.05, 0.1) is 0 Å². The fourth-order valence-electron chi connectivity index (χ4n) is 0. The minimum atomic E-state index is -3.11. The molecule has 0 fully saturated rings. The first kappa shape index (κ1) is 14.1. The number of rotatable bonds is 0. The standard InChI is InChI=1S/CCl3.Cl4Ge/c2-1(3)4;1-5(2,3)4. The van der Waals surface area contributed by atoms with E-state index >= 15 is 0 Å². The summed E-state index contributed by atoms with van der Waals surface area (Å²) in [4.78, 5) is 0. The molecular formula is CCl7Ge. The van der Waals surface area contributed by atoms with E-state index in [-0.39, 0.29) is 4.30 Å². The Hall–Kier alpha value is 2.57. The van der Waals surface area contributed by atoms with Crippen LogP contribution in [0.3, 0.4) is 0 Å². The second-order valence-corrected chi connectivity index (χ2v) is 22.0. The molecule has 0 aliphatic carbocycles. The summed E-state index contributed by atoms with van der Waals surface area (Å²) < 4.78 is -0.167. The molecule has 57 valence electrons. The summed E-state index contributed by atoms with van der Waals surface area (Å²) in [6.45, 7) is 0. The zero-order chi connectivity index (χ0) is 8.08. The first-order valence-corrected chi connectivity index (χ1v) is 13.5. The molecule has 1 radical (unpaired) electrons. The van der Waals surface area contributed by atoms with Crippen molar-refractivity contribution in [3.8, 4) is 0 Å². The van der Waals surface area contributed by atoms with E-state index in [2.05, 4.69) is 0 Å². The Bertz CT molecular complexity index is 45.7. The predicted molar refractivity (Wildman–Crippen MR) is 50.0 cm³/mol. The third-order valence-corrected chi connectivity index (χ3v) is 0. The van der Waals surface area contributed by atoms with Crippen molar-refractivity contribution < 1.29 is 0 Å². The van der Waals surface area contributed by atoms with Crippen LogP contribution in [-0.2, 0) is 0 Å². The minimum absolute atomic E-state index is 0.167. The van der Waals surface area contributed by atoms with E-state index in [1.165, 1.54) is 0 Å². The van der Waals surface area contributed by atoms with Gasteiger partial charge < -0.3 is 0 Å². The molecule has 0 rings (SSSR count). The molecule has 0 bridgehead atoms. The topological polar surface area (TPSA) is 0 Å². The molecule has 0 unspecified atom stereocenters. The van der Waals surface area contributed by atoms with Gasteiger partial charge in [0.15, 0.2) is 0 Å². The van der Waals surface area contributed by atoms with Crippen LogP contribution in [0.1, 0.15) is 0 Å². The van der Waals surface area contributed by atoms with Crippen molar-refractivity contribution in [1.29, 1.82) is 0 Å². The van der Waals surface area contributed by atoms with Gasteiger partial charge in [-0.15, -0.1) is 0 Å². The summed E-state index contributed by atoms with van der Waals surface area (Å²) in [5, 5.41) is 0. The number of halogens is 7. The second kappa shape index (κ2) is 7.23. The summed E-state index contributed by atoms with van der Waals surface area (Å²) >= 11 is 14.2. The third-order valence-electron chi connectivity index (χ3n) is 0. The molecule has 0 aromatic rings. The Morgan fingerprint density at radius 3 is 0.778 bits per heavy atom. The van der Waals surface area contributed by atoms with E-state index in [4.69, 9.17) is 74.8 Å². The Morgan fingerprint density at radius 2 is 0.778 bits per heavy atom. The van der Waals surface area contributed by atoms with E-state index in [1.807, 2.05) is 0 Å². The van der Waals surface area contributed by atoms with Crippen molar-refractivity contribution in [3.05, 3.63) is 4.30 Å². The first-order chi connectivity index (χ1) is 3.73. The van der Waals surface area contributed by atoms with E-state index in [9.17, 15) is 0 Å². The van der Waals surface area contributed by atoms with Crippen LogP contribution in [0.25, 0.3) is 0 Å². The van der Waals surface area contributed by atoms with Crippen LogP contribution < -0.4 is 0 Å². The van der Waals surface area contributed by atoms with Gasteiger partial charge in [0, 0.05) is 0 Å². The van der Waals surface area contributed by atoms with E-state index < -0.39 is 9.55 Å². The van der Waals surface area contributed by atoms with Crippen LogP contribution in [0.5, 0.6) is 0 Å². The van der Waals surface area contributed by atoms with Crippen LogP contribution in [0.2, 0.25) is 0 Å². The molecule has 0 atom stereocenters. The molecule has 0 N–H and O–H groups in total. The van der Waals surface area contributed by atoms with E-state index in [0.717, 1.165) is 0 Å². The molecule has 0 aromatic heterocycles. The molecular weight excluding hydrogens is 333 g/mol. The molecule has 0 spiro atoms. The average Bonchev–Trinajstić information content (AvgIpc) is 1.19. The first-order valence-electron chi connectivity index (χ1n) is 1.32. The van der Waals surface area contributed by atoms with Gasteiger partial charge in [0.2, 0.25) is 4.30 Å². The van der Waals surface area contributed by atoms with E-state index in [0.29, 0.717) is 0 Å². The number of hydrogen-bond donors (Lipinski definition) is 0. The zero-order valence-electron chi connectivity index (χ0n) is 3.65. The summed E-state index contributed by atoms with van der Waals surface area (Å²) in [7, 11) is 16.9. The quantitative estimate of drug-likeness (QED) is 0.572. The molecule has 0 saturated heterocycles. The molecule has 0 aliphatic heterocycles. The molecule has 0 amide bonds. The van der Waals surface area contributed by atoms with Gasteiger partial charge in [0.1, 0.15) is 0 Å². The maximum absolute atomic E-state index is 5.01. The Morgan fingerprint density at radius 1 is 0.778 bits per heavy atom. The van der Waals surface area contributed by atoms with Gasteiger partial charge >= 0.3 is 49.6 Å². The summed E-state index contributed by atoms with van der Waals surface area (Å²) in [6, 6.07) is 0. The molecule has 0 aliphatic rings. The van der Waals surface area contributed by atoms with Gasteiger partial charge in [-0.25, -0.2) is 0 Å². The Labute approximate surface area is 87.7 Å². The average molecular weight is 333 g/mol. The van der Waals surface area contributed by atoms with Gasteiger partial charge in [-0.1, -0.05) is 34.8 Å². The fourth-order valence-corrected chi connectivity index (χ4v) is 0. The van der Waals surface area contributed by atoms with Crippen molar-refractivity contribution in [2.75, 3.05) is 0 Å². The Kier molecular flexibility index (Phi) is 11.3. The van der Waals surface area contributed by atoms with Crippen molar-refractivity contribution in [1.82, 2.24) is 0 Å². The van der Waals surface area contributed by atoms with Gasteiger partial charge in [0.25, 0.3) is 0 Å². The van der Waals surface area contributed by atoms with Crippen LogP contribution in [0.4, 0.5) is 0 Å². The molecule has 0 aromatic carbocycles. The molecule has 0 nitrogen and oxygen atoms in total. The molecule has 0 saturated carbocycles. The van der Waals surface area contributed by atoms with Crippen molar-refractivity contribution in [2.45, 2.75) is 0 Å². The summed E-state index contributed by atoms with van der Waals surface area (Å²) in [5.41, 5.74) is 0. The summed E-state index contributed by atoms with van der Waals surface area (Å²) in [5.74, 6) is 0. The Balaban J connectivity index is 0. The van der Waals surface area contributed by atoms with Gasteiger partial charge in [-0.2, -0.15) is 0 Å². The van der Waals surface area contributed by atoms with Crippen molar-refractivity contribution >= 4 is 84.4 Å². The predicted octanol–water partition coefficient (Wildman–Crippen LogP) is 4.53. The zero-order valence-corrected chi connectivity index (χ0v) is 11.0. The molecule has 9 heavy (non-hydrogen) atoms. The summed E-state index contributed by atoms with van der Waals surface area (Å²) in [6.07, 6.45) is 0. The van der Waals surface area contributed by atoms with Gasteiger partial charge in [-0.05, 0) is 0 Å². The second-order valence-electron chi connectivity index (χ2n) is 0.643. The van der Waals surface area contributed by atoms with Crippen LogP contribution in [0.15, 0.2) is 0 Å². The van der Waals surface area contributed by atoms with Crippen LogP contribution in [-0.4, -0.2) is 9.55 Å². The fraction of sp³-hybridized carbons (Fsp3) is 0. The number of hydrogen-bond acceptors (Lipinski definition) is 0.